The van der Waals surface area contributed by atoms with Crippen LogP contribution in [0.2, 0.25) is 0 Å². The van der Waals surface area contributed by atoms with Gasteiger partial charge >= 0.3 is 12.2 Å². The Balaban J connectivity index is 1.71. The number of likely N-dealkylation sites (N-methyl/N-ethyl adjacent to an activating group) is 1. The van der Waals surface area contributed by atoms with Crippen molar-refractivity contribution in [2.75, 3.05) is 20.2 Å². The lowest BCUT2D eigenvalue weighted by molar-refractivity contribution is -0.304. The zero-order valence-corrected chi connectivity index (χ0v) is 31.7. The molecule has 3 amide bonds. The van der Waals surface area contributed by atoms with E-state index in [0.717, 1.165) is 0 Å². The van der Waals surface area contributed by atoms with E-state index >= 15 is 0 Å². The van der Waals surface area contributed by atoms with Crippen LogP contribution in [0.15, 0.2) is 42.2 Å². The Kier molecular flexibility index (Phi) is 13.8. The van der Waals surface area contributed by atoms with Crippen molar-refractivity contribution in [3.8, 4) is 0 Å². The van der Waals surface area contributed by atoms with Crippen molar-refractivity contribution in [1.29, 1.82) is 0 Å². The van der Waals surface area contributed by atoms with Gasteiger partial charge in [-0.1, -0.05) is 18.2 Å². The molecule has 11 atom stereocenters. The number of hydrogen-bond acceptors (Lipinski definition) is 14. The Morgan fingerprint density at radius 2 is 1.42 bits per heavy atom. The minimum atomic E-state index is -1.64. The second-order valence-corrected chi connectivity index (χ2v) is 15.8. The van der Waals surface area contributed by atoms with Gasteiger partial charge in [0.1, 0.15) is 47.0 Å². The topological polar surface area (TPSA) is 241 Å². The highest BCUT2D eigenvalue weighted by Crippen LogP contribution is 2.33. The average molecular weight is 752 g/mol. The van der Waals surface area contributed by atoms with E-state index in [2.05, 4.69) is 21.3 Å². The molecule has 298 valence electrons. The normalized spacial score (nSPS) is 33.5. The molecule has 2 aliphatic heterocycles. The number of amides is 3. The van der Waals surface area contributed by atoms with Gasteiger partial charge in [0.2, 0.25) is 6.29 Å². The zero-order valence-electron chi connectivity index (χ0n) is 31.7. The number of carbonyl (C=O) groups excluding carboxylic acids is 3. The van der Waals surface area contributed by atoms with Crippen molar-refractivity contribution in [3.05, 3.63) is 47.7 Å². The summed E-state index contributed by atoms with van der Waals surface area (Å²) in [5.41, 5.74) is 3.08. The lowest BCUT2D eigenvalue weighted by Crippen LogP contribution is -2.70. The highest BCUT2D eigenvalue weighted by atomic mass is 16.7. The average Bonchev–Trinajstić information content (AvgIpc) is 3.04. The van der Waals surface area contributed by atoms with Gasteiger partial charge in [0.05, 0.1) is 37.3 Å². The van der Waals surface area contributed by atoms with E-state index < -0.39 is 96.1 Å². The third-order valence-corrected chi connectivity index (χ3v) is 8.85. The number of carbonyl (C=O) groups is 3. The van der Waals surface area contributed by atoms with Crippen LogP contribution in [0.5, 0.6) is 0 Å². The van der Waals surface area contributed by atoms with Crippen LogP contribution in [0.25, 0.3) is 0 Å². The van der Waals surface area contributed by atoms with Crippen molar-refractivity contribution < 1.29 is 58.1 Å². The van der Waals surface area contributed by atoms with Gasteiger partial charge in [-0.25, -0.2) is 9.59 Å². The molecule has 2 fully saturated rings. The first-order valence-corrected chi connectivity index (χ1v) is 17.8. The quantitative estimate of drug-likeness (QED) is 0.165. The van der Waals surface area contributed by atoms with Crippen molar-refractivity contribution >= 4 is 18.1 Å². The molecule has 1 saturated heterocycles. The van der Waals surface area contributed by atoms with Gasteiger partial charge in [-0.05, 0) is 86.6 Å². The molecule has 1 aromatic rings. The molecule has 1 aromatic carbocycles. The number of aliphatic hydroxyl groups is 3. The van der Waals surface area contributed by atoms with Gasteiger partial charge < -0.3 is 70.7 Å². The number of rotatable bonds is 10. The minimum absolute atomic E-state index is 0.0124. The second kappa shape index (κ2) is 17.3. The SMILES string of the molecule is CN[C@@H]1[C@@H](O)[C@@H](O[C@@H]2[C@@H](O)[C@H](O[C@H]3OC(CN)=CC[C@H]3NC(=O)OC(C)(C)C)[C@@H](NC(=O)OC(C)(C)C)C[C@H]2NC(=O)c2ccccc2)OC[C@]1(C)O. The van der Waals surface area contributed by atoms with Gasteiger partial charge in [-0.2, -0.15) is 0 Å². The van der Waals surface area contributed by atoms with E-state index in [-0.39, 0.29) is 26.0 Å². The molecule has 53 heavy (non-hydrogen) atoms. The van der Waals surface area contributed by atoms with E-state index in [1.807, 2.05) is 0 Å². The Morgan fingerprint density at radius 1 is 0.868 bits per heavy atom. The van der Waals surface area contributed by atoms with Crippen LogP contribution in [-0.4, -0.2) is 132 Å². The van der Waals surface area contributed by atoms with Crippen LogP contribution in [0.4, 0.5) is 9.59 Å². The highest BCUT2D eigenvalue weighted by molar-refractivity contribution is 5.94. The number of nitrogens with one attached hydrogen (secondary N) is 4. The first-order chi connectivity index (χ1) is 24.7. The summed E-state index contributed by atoms with van der Waals surface area (Å²) in [4.78, 5) is 39.6. The van der Waals surface area contributed by atoms with Gasteiger partial charge in [0, 0.05) is 5.56 Å². The predicted octanol–water partition coefficient (Wildman–Crippen LogP) is 0.752. The Hall–Kier alpha value is -3.55. The van der Waals surface area contributed by atoms with Gasteiger partial charge in [-0.3, -0.25) is 4.79 Å². The zero-order chi connectivity index (χ0) is 39.3. The number of ether oxygens (including phenoxy) is 6. The summed E-state index contributed by atoms with van der Waals surface area (Å²) >= 11 is 0. The Labute approximate surface area is 310 Å². The molecule has 0 aromatic heterocycles. The number of benzene rings is 1. The maximum Gasteiger partial charge on any atom is 0.408 e. The minimum Gasteiger partial charge on any atom is -0.466 e. The Morgan fingerprint density at radius 3 is 1.96 bits per heavy atom. The fourth-order valence-electron chi connectivity index (χ4n) is 6.50. The Bertz CT molecular complexity index is 1430. The van der Waals surface area contributed by atoms with E-state index in [1.54, 1.807) is 85.0 Å². The van der Waals surface area contributed by atoms with Crippen molar-refractivity contribution in [2.45, 2.75) is 139 Å². The maximum absolute atomic E-state index is 13.5. The third-order valence-electron chi connectivity index (χ3n) is 8.85. The van der Waals surface area contributed by atoms with Crippen molar-refractivity contribution in [3.63, 3.8) is 0 Å². The predicted molar refractivity (Wildman–Crippen MR) is 190 cm³/mol. The number of nitrogens with two attached hydrogens (primary N) is 1. The molecular formula is C36H57N5O12. The summed E-state index contributed by atoms with van der Waals surface area (Å²) in [6.45, 7) is 11.5. The molecule has 9 N–H and O–H groups in total. The van der Waals surface area contributed by atoms with Gasteiger partial charge in [0.15, 0.2) is 6.29 Å². The third kappa shape index (κ3) is 11.5. The summed E-state index contributed by atoms with van der Waals surface area (Å²) < 4.78 is 35.6. The molecule has 1 aliphatic carbocycles. The molecule has 0 unspecified atom stereocenters. The van der Waals surface area contributed by atoms with Gasteiger partial charge in [-0.15, -0.1) is 0 Å². The number of aliphatic hydroxyl groups excluding tert-OH is 2. The molecule has 0 radical (unpaired) electrons. The standard InChI is InChI=1S/C36H57N5O12/c1-34(2,3)52-32(45)40-21-15-14-20(17-37)49-30(21)50-27-23(41-33(46)53-35(4,5)6)16-22(39-29(44)19-12-10-9-11-13-19)26(24(27)42)51-31-25(43)28(38-8)36(7,47)18-48-31/h9-14,21-28,30-31,38,42-43,47H,15-18,37H2,1-8H3,(H,39,44)(H,40,45)(H,41,46)/t21-,22-,23+,24-,25-,26+,27-,28-,30-,31-,36+/m1/s1. The van der Waals surface area contributed by atoms with Crippen LogP contribution in [0.1, 0.15) is 71.7 Å². The van der Waals surface area contributed by atoms with Crippen LogP contribution in [-0.2, 0) is 28.4 Å². The highest BCUT2D eigenvalue weighted by Gasteiger charge is 2.53. The summed E-state index contributed by atoms with van der Waals surface area (Å²) in [5.74, 6) is -0.133. The summed E-state index contributed by atoms with van der Waals surface area (Å²) in [6.07, 6.45) is -8.04. The fourth-order valence-corrected chi connectivity index (χ4v) is 6.50. The van der Waals surface area contributed by atoms with Crippen LogP contribution in [0, 0.1) is 0 Å². The molecule has 2 heterocycles. The largest absolute Gasteiger partial charge is 0.466 e. The van der Waals surface area contributed by atoms with Crippen molar-refractivity contribution in [2.24, 2.45) is 5.73 Å². The molecule has 17 heteroatoms. The van der Waals surface area contributed by atoms with Crippen LogP contribution in [0.3, 0.4) is 0 Å². The summed E-state index contributed by atoms with van der Waals surface area (Å²) in [5, 5.41) is 45.6. The smallest absolute Gasteiger partial charge is 0.408 e. The second-order valence-electron chi connectivity index (χ2n) is 15.8. The molecule has 0 spiro atoms. The van der Waals surface area contributed by atoms with E-state index in [1.165, 1.54) is 6.92 Å². The maximum atomic E-state index is 13.5. The molecule has 4 rings (SSSR count). The molecule has 17 nitrogen and oxygen atoms in total. The molecular weight excluding hydrogens is 694 g/mol. The monoisotopic (exact) mass is 751 g/mol. The van der Waals surface area contributed by atoms with E-state index in [4.69, 9.17) is 34.2 Å². The van der Waals surface area contributed by atoms with E-state index in [9.17, 15) is 29.7 Å². The first kappa shape index (κ1) is 42.2. The summed E-state index contributed by atoms with van der Waals surface area (Å²) in [6, 6.07) is 4.61. The first-order valence-electron chi connectivity index (χ1n) is 17.8. The lowest BCUT2D eigenvalue weighted by atomic mass is 9.82. The lowest BCUT2D eigenvalue weighted by Gasteiger charge is -2.49. The van der Waals surface area contributed by atoms with Crippen molar-refractivity contribution in [1.82, 2.24) is 21.3 Å². The summed E-state index contributed by atoms with van der Waals surface area (Å²) in [7, 11) is 1.57. The fraction of sp³-hybridized carbons (Fsp3) is 0.694. The van der Waals surface area contributed by atoms with Gasteiger partial charge in [0.25, 0.3) is 5.91 Å². The number of hydrogen-bond donors (Lipinski definition) is 8. The number of alkyl carbamates (subject to hydrolysis) is 2. The van der Waals surface area contributed by atoms with E-state index in [0.29, 0.717) is 11.3 Å². The van der Waals surface area contributed by atoms with Crippen LogP contribution < -0.4 is 27.0 Å². The molecule has 0 bridgehead atoms. The molecule has 1 saturated carbocycles. The van der Waals surface area contributed by atoms with Crippen LogP contribution >= 0.6 is 0 Å². The molecule has 3 aliphatic rings.